The quantitative estimate of drug-likeness (QED) is 0.450. The summed E-state index contributed by atoms with van der Waals surface area (Å²) in [5, 5.41) is 8.68. The number of hydrogen-bond donors (Lipinski definition) is 3. The Morgan fingerprint density at radius 1 is 1.60 bits per heavy atom. The van der Waals surface area contributed by atoms with Crippen molar-refractivity contribution in [2.75, 3.05) is 5.75 Å². The van der Waals surface area contributed by atoms with Gasteiger partial charge in [0.25, 0.3) is 10.1 Å². The predicted molar refractivity (Wildman–Crippen MR) is 36.1 cm³/mol. The Morgan fingerprint density at radius 3 is 2.10 bits per heavy atom. The summed E-state index contributed by atoms with van der Waals surface area (Å²) in [4.78, 5) is 0. The van der Waals surface area contributed by atoms with E-state index in [1.807, 2.05) is 0 Å². The summed E-state index contributed by atoms with van der Waals surface area (Å²) < 4.78 is 28.4. The van der Waals surface area contributed by atoms with Crippen molar-refractivity contribution in [2.24, 2.45) is 5.73 Å². The van der Waals surface area contributed by atoms with Gasteiger partial charge in [-0.3, -0.25) is 4.55 Å². The van der Waals surface area contributed by atoms with Crippen LogP contribution in [0.3, 0.4) is 0 Å². The van der Waals surface area contributed by atoms with E-state index in [2.05, 4.69) is 0 Å². The fourth-order valence-electron chi connectivity index (χ4n) is 0.382. The summed E-state index contributed by atoms with van der Waals surface area (Å²) in [6.45, 7) is 1.36. The van der Waals surface area contributed by atoms with Crippen molar-refractivity contribution >= 4 is 10.1 Å². The minimum Gasteiger partial charge on any atom is -0.392 e. The van der Waals surface area contributed by atoms with Crippen molar-refractivity contribution in [1.82, 2.24) is 0 Å². The summed E-state index contributed by atoms with van der Waals surface area (Å²) in [7, 11) is -4.05. The lowest BCUT2D eigenvalue weighted by molar-refractivity contribution is 0.170. The van der Waals surface area contributed by atoms with E-state index in [1.165, 1.54) is 6.92 Å². The van der Waals surface area contributed by atoms with Crippen molar-refractivity contribution in [1.29, 1.82) is 0 Å². The largest absolute Gasteiger partial charge is 0.392 e. The molecule has 0 radical (unpaired) electrons. The van der Waals surface area contributed by atoms with Crippen LogP contribution in [0.4, 0.5) is 0 Å². The lowest BCUT2D eigenvalue weighted by Crippen LogP contribution is -2.38. The normalized spacial score (nSPS) is 18.4. The minimum atomic E-state index is -4.05. The maximum atomic E-state index is 10.1. The highest BCUT2D eigenvalue weighted by Gasteiger charge is 2.16. The molecule has 0 spiro atoms. The zero-order valence-electron chi connectivity index (χ0n) is 5.56. The van der Waals surface area contributed by atoms with Gasteiger partial charge in [0, 0.05) is 6.04 Å². The number of hydrogen-bond acceptors (Lipinski definition) is 4. The van der Waals surface area contributed by atoms with Crippen molar-refractivity contribution in [3.05, 3.63) is 0 Å². The third-order valence-electron chi connectivity index (χ3n) is 1.02. The molecule has 10 heavy (non-hydrogen) atoms. The average molecular weight is 169 g/mol. The molecule has 0 saturated heterocycles. The maximum Gasteiger partial charge on any atom is 0.266 e. The SMILES string of the molecule is CC(O)C(N)CS(=O)(=O)O. The number of rotatable bonds is 3. The summed E-state index contributed by atoms with van der Waals surface area (Å²) in [6.07, 6.45) is -0.929. The molecule has 0 aliphatic rings. The maximum absolute atomic E-state index is 10.1. The molecule has 2 unspecified atom stereocenters. The lowest BCUT2D eigenvalue weighted by Gasteiger charge is -2.11. The van der Waals surface area contributed by atoms with Crippen molar-refractivity contribution in [2.45, 2.75) is 19.1 Å². The Morgan fingerprint density at radius 2 is 2.00 bits per heavy atom. The van der Waals surface area contributed by atoms with Gasteiger partial charge in [0.15, 0.2) is 0 Å². The van der Waals surface area contributed by atoms with Gasteiger partial charge in [0.05, 0.1) is 11.9 Å². The fraction of sp³-hybridized carbons (Fsp3) is 1.00. The zero-order chi connectivity index (χ0) is 8.36. The molecular weight excluding hydrogens is 158 g/mol. The summed E-state index contributed by atoms with van der Waals surface area (Å²) in [5.41, 5.74) is 5.11. The number of aliphatic hydroxyl groups is 1. The zero-order valence-corrected chi connectivity index (χ0v) is 6.37. The highest BCUT2D eigenvalue weighted by atomic mass is 32.2. The minimum absolute atomic E-state index is 0.606. The lowest BCUT2D eigenvalue weighted by atomic mass is 10.2. The topological polar surface area (TPSA) is 101 Å². The van der Waals surface area contributed by atoms with Crippen LogP contribution in [-0.2, 0) is 10.1 Å². The van der Waals surface area contributed by atoms with E-state index < -0.39 is 28.0 Å². The van der Waals surface area contributed by atoms with Gasteiger partial charge in [-0.15, -0.1) is 0 Å². The van der Waals surface area contributed by atoms with Crippen LogP contribution in [0, 0.1) is 0 Å². The second-order valence-corrected chi connectivity index (χ2v) is 3.65. The fourth-order valence-corrected chi connectivity index (χ4v) is 1.15. The molecule has 0 aliphatic heterocycles. The highest BCUT2D eigenvalue weighted by molar-refractivity contribution is 7.85. The standard InChI is InChI=1S/C4H11NO4S/c1-3(6)4(5)2-10(7,8)9/h3-4,6H,2,5H2,1H3,(H,7,8,9). The third kappa shape index (κ3) is 4.68. The molecule has 5 nitrogen and oxygen atoms in total. The van der Waals surface area contributed by atoms with E-state index >= 15 is 0 Å². The van der Waals surface area contributed by atoms with Crippen LogP contribution < -0.4 is 5.73 Å². The Labute approximate surface area is 59.6 Å². The van der Waals surface area contributed by atoms with Crippen molar-refractivity contribution < 1.29 is 18.1 Å². The van der Waals surface area contributed by atoms with Crippen LogP contribution in [0.1, 0.15) is 6.92 Å². The average Bonchev–Trinajstić information content (AvgIpc) is 1.60. The molecule has 0 aromatic heterocycles. The molecule has 0 fully saturated rings. The van der Waals surface area contributed by atoms with Gasteiger partial charge in [0.2, 0.25) is 0 Å². The number of aliphatic hydroxyl groups excluding tert-OH is 1. The Bertz CT molecular complexity index is 185. The molecule has 0 aromatic carbocycles. The van der Waals surface area contributed by atoms with Gasteiger partial charge in [-0.25, -0.2) is 0 Å². The molecule has 0 rings (SSSR count). The molecule has 0 heterocycles. The molecule has 2 atom stereocenters. The summed E-state index contributed by atoms with van der Waals surface area (Å²) in [5.74, 6) is -0.606. The van der Waals surface area contributed by atoms with Gasteiger partial charge >= 0.3 is 0 Å². The van der Waals surface area contributed by atoms with Gasteiger partial charge in [-0.2, -0.15) is 8.42 Å². The van der Waals surface area contributed by atoms with E-state index in [1.54, 1.807) is 0 Å². The van der Waals surface area contributed by atoms with Gasteiger partial charge in [-0.1, -0.05) is 0 Å². The third-order valence-corrected chi connectivity index (χ3v) is 1.83. The van der Waals surface area contributed by atoms with Crippen LogP contribution in [-0.4, -0.2) is 36.0 Å². The first-order valence-electron chi connectivity index (χ1n) is 2.72. The Balaban J connectivity index is 3.93. The first-order chi connectivity index (χ1) is 4.33. The van der Waals surface area contributed by atoms with Crippen LogP contribution in [0.15, 0.2) is 0 Å². The van der Waals surface area contributed by atoms with Gasteiger partial charge in [-0.05, 0) is 6.92 Å². The molecule has 0 aromatic rings. The van der Waals surface area contributed by atoms with Crippen molar-refractivity contribution in [3.63, 3.8) is 0 Å². The first kappa shape index (κ1) is 9.83. The van der Waals surface area contributed by atoms with E-state index in [9.17, 15) is 8.42 Å². The van der Waals surface area contributed by atoms with E-state index in [0.717, 1.165) is 0 Å². The van der Waals surface area contributed by atoms with Gasteiger partial charge < -0.3 is 10.8 Å². The smallest absolute Gasteiger partial charge is 0.266 e. The number of nitrogens with two attached hydrogens (primary N) is 1. The van der Waals surface area contributed by atoms with Crippen LogP contribution in [0.25, 0.3) is 0 Å². The van der Waals surface area contributed by atoms with E-state index in [0.29, 0.717) is 0 Å². The first-order valence-corrected chi connectivity index (χ1v) is 4.32. The molecular formula is C4H11NO4S. The van der Waals surface area contributed by atoms with Crippen LogP contribution in [0.2, 0.25) is 0 Å². The highest BCUT2D eigenvalue weighted by Crippen LogP contribution is 1.92. The monoisotopic (exact) mass is 169 g/mol. The molecule has 4 N–H and O–H groups in total. The van der Waals surface area contributed by atoms with Crippen LogP contribution >= 0.6 is 0 Å². The van der Waals surface area contributed by atoms with Gasteiger partial charge in [0.1, 0.15) is 0 Å². The Hall–Kier alpha value is -0.170. The second kappa shape index (κ2) is 3.29. The summed E-state index contributed by atoms with van der Waals surface area (Å²) in [6, 6.07) is -0.921. The van der Waals surface area contributed by atoms with Crippen LogP contribution in [0.5, 0.6) is 0 Å². The van der Waals surface area contributed by atoms with E-state index in [-0.39, 0.29) is 0 Å². The summed E-state index contributed by atoms with van der Waals surface area (Å²) >= 11 is 0. The molecule has 6 heteroatoms. The molecule has 0 amide bonds. The van der Waals surface area contributed by atoms with E-state index in [4.69, 9.17) is 15.4 Å². The molecule has 0 aliphatic carbocycles. The van der Waals surface area contributed by atoms with Crippen molar-refractivity contribution in [3.8, 4) is 0 Å². The molecule has 62 valence electrons. The molecule has 0 saturated carbocycles. The Kier molecular flexibility index (Phi) is 3.23. The predicted octanol–water partition coefficient (Wildman–Crippen LogP) is -1.42. The molecule has 0 bridgehead atoms. The second-order valence-electron chi connectivity index (χ2n) is 2.15.